The molecule has 0 aromatic carbocycles. The van der Waals surface area contributed by atoms with E-state index in [1.54, 1.807) is 24.1 Å². The van der Waals surface area contributed by atoms with Crippen LogP contribution in [-0.2, 0) is 4.74 Å². The molecule has 0 bridgehead atoms. The average Bonchev–Trinajstić information content (AvgIpc) is 3.02. The quantitative estimate of drug-likeness (QED) is 0.848. The van der Waals surface area contributed by atoms with Crippen LogP contribution >= 0.6 is 0 Å². The van der Waals surface area contributed by atoms with Crippen LogP contribution in [0.1, 0.15) is 12.8 Å². The second-order valence-electron chi connectivity index (χ2n) is 4.54. The molecule has 1 aliphatic heterocycles. The number of hydrogen-bond acceptors (Lipinski definition) is 7. The van der Waals surface area contributed by atoms with Crippen LogP contribution in [-0.4, -0.2) is 51.0 Å². The molecular formula is C12H17N7O. The summed E-state index contributed by atoms with van der Waals surface area (Å²) in [5, 5.41) is 10.4. The predicted molar refractivity (Wildman–Crippen MR) is 74.0 cm³/mol. The first-order valence-corrected chi connectivity index (χ1v) is 6.63. The van der Waals surface area contributed by atoms with E-state index in [-0.39, 0.29) is 6.04 Å². The lowest BCUT2D eigenvalue weighted by molar-refractivity contribution is 0.0874. The van der Waals surface area contributed by atoms with Gasteiger partial charge in [0.1, 0.15) is 0 Å². The molecule has 0 radical (unpaired) electrons. The molecule has 1 saturated heterocycles. The van der Waals surface area contributed by atoms with E-state index >= 15 is 0 Å². The second-order valence-corrected chi connectivity index (χ2v) is 4.54. The van der Waals surface area contributed by atoms with E-state index in [9.17, 15) is 0 Å². The Morgan fingerprint density at radius 1 is 1.30 bits per heavy atom. The van der Waals surface area contributed by atoms with Crippen molar-refractivity contribution < 1.29 is 4.74 Å². The molecule has 0 spiro atoms. The van der Waals surface area contributed by atoms with Gasteiger partial charge < -0.3 is 15.4 Å². The molecule has 0 amide bonds. The van der Waals surface area contributed by atoms with Gasteiger partial charge in [-0.05, 0) is 18.9 Å². The standard InChI is InChI=1S/C12H17N7O/c1-13-10-16-11(15-9-4-2-7-20-8-9)18-12(17-10)19-6-3-5-14-19/h3,5-6,9H,2,4,7-8H2,1H3,(H2,13,15,16,17,18). The van der Waals surface area contributed by atoms with Crippen molar-refractivity contribution >= 4 is 11.9 Å². The lowest BCUT2D eigenvalue weighted by atomic mass is 10.1. The molecule has 2 aromatic heterocycles. The third-order valence-corrected chi connectivity index (χ3v) is 3.05. The summed E-state index contributed by atoms with van der Waals surface area (Å²) in [7, 11) is 1.77. The second kappa shape index (κ2) is 5.83. The minimum absolute atomic E-state index is 0.237. The Morgan fingerprint density at radius 3 is 2.90 bits per heavy atom. The fraction of sp³-hybridized carbons (Fsp3) is 0.500. The number of aromatic nitrogens is 5. The van der Waals surface area contributed by atoms with Crippen LogP contribution in [0.2, 0.25) is 0 Å². The van der Waals surface area contributed by atoms with Gasteiger partial charge in [0.2, 0.25) is 11.9 Å². The summed E-state index contributed by atoms with van der Waals surface area (Å²) in [5.41, 5.74) is 0. The lowest BCUT2D eigenvalue weighted by Crippen LogP contribution is -2.31. The maximum atomic E-state index is 5.45. The van der Waals surface area contributed by atoms with Crippen LogP contribution in [0, 0.1) is 0 Å². The van der Waals surface area contributed by atoms with Crippen molar-refractivity contribution in [2.24, 2.45) is 0 Å². The molecule has 8 heteroatoms. The SMILES string of the molecule is CNc1nc(NC2CCCOC2)nc(-n2cccn2)n1. The van der Waals surface area contributed by atoms with Gasteiger partial charge in [-0.3, -0.25) is 0 Å². The van der Waals surface area contributed by atoms with E-state index in [2.05, 4.69) is 30.7 Å². The number of rotatable bonds is 4. The van der Waals surface area contributed by atoms with Crippen molar-refractivity contribution in [3.05, 3.63) is 18.5 Å². The molecular weight excluding hydrogens is 258 g/mol. The first kappa shape index (κ1) is 12.8. The smallest absolute Gasteiger partial charge is 0.257 e. The topological polar surface area (TPSA) is 89.8 Å². The van der Waals surface area contributed by atoms with Crippen LogP contribution in [0.15, 0.2) is 18.5 Å². The Bertz CT molecular complexity index is 551. The Labute approximate surface area is 116 Å². The maximum absolute atomic E-state index is 5.45. The summed E-state index contributed by atoms with van der Waals surface area (Å²) in [6.45, 7) is 1.51. The largest absolute Gasteiger partial charge is 0.379 e. The van der Waals surface area contributed by atoms with Crippen molar-refractivity contribution in [3.63, 3.8) is 0 Å². The van der Waals surface area contributed by atoms with Crippen LogP contribution in [0.5, 0.6) is 0 Å². The monoisotopic (exact) mass is 275 g/mol. The Balaban J connectivity index is 1.84. The summed E-state index contributed by atoms with van der Waals surface area (Å²) in [6.07, 6.45) is 5.58. The van der Waals surface area contributed by atoms with E-state index in [1.165, 1.54) is 0 Å². The van der Waals surface area contributed by atoms with Gasteiger partial charge in [-0.2, -0.15) is 20.1 Å². The molecule has 0 saturated carbocycles. The highest BCUT2D eigenvalue weighted by molar-refractivity contribution is 5.38. The average molecular weight is 275 g/mol. The molecule has 1 atom stereocenters. The van der Waals surface area contributed by atoms with Gasteiger partial charge in [-0.15, -0.1) is 0 Å². The van der Waals surface area contributed by atoms with Crippen LogP contribution in [0.25, 0.3) is 5.95 Å². The summed E-state index contributed by atoms with van der Waals surface area (Å²) in [5.74, 6) is 1.52. The zero-order valence-corrected chi connectivity index (χ0v) is 11.3. The number of ether oxygens (including phenoxy) is 1. The molecule has 8 nitrogen and oxygen atoms in total. The highest BCUT2D eigenvalue weighted by atomic mass is 16.5. The van der Waals surface area contributed by atoms with E-state index < -0.39 is 0 Å². The van der Waals surface area contributed by atoms with Gasteiger partial charge in [0.25, 0.3) is 5.95 Å². The Morgan fingerprint density at radius 2 is 2.20 bits per heavy atom. The first-order valence-electron chi connectivity index (χ1n) is 6.63. The molecule has 2 N–H and O–H groups in total. The van der Waals surface area contributed by atoms with Gasteiger partial charge >= 0.3 is 0 Å². The zero-order valence-electron chi connectivity index (χ0n) is 11.3. The molecule has 1 fully saturated rings. The number of nitrogens with one attached hydrogen (secondary N) is 2. The molecule has 20 heavy (non-hydrogen) atoms. The molecule has 1 aliphatic rings. The number of hydrogen-bond donors (Lipinski definition) is 2. The highest BCUT2D eigenvalue weighted by Gasteiger charge is 2.16. The molecule has 3 heterocycles. The number of nitrogens with zero attached hydrogens (tertiary/aromatic N) is 5. The van der Waals surface area contributed by atoms with Crippen molar-refractivity contribution in [2.45, 2.75) is 18.9 Å². The van der Waals surface area contributed by atoms with Gasteiger partial charge in [0, 0.05) is 26.0 Å². The lowest BCUT2D eigenvalue weighted by Gasteiger charge is -2.23. The summed E-state index contributed by atoms with van der Waals surface area (Å²) in [4.78, 5) is 13.0. The van der Waals surface area contributed by atoms with Gasteiger partial charge in [-0.1, -0.05) is 0 Å². The number of anilines is 2. The van der Waals surface area contributed by atoms with Gasteiger partial charge in [-0.25, -0.2) is 4.68 Å². The Hall–Kier alpha value is -2.22. The normalized spacial score (nSPS) is 18.8. The van der Waals surface area contributed by atoms with Crippen molar-refractivity contribution in [1.82, 2.24) is 24.7 Å². The minimum atomic E-state index is 0.237. The van der Waals surface area contributed by atoms with Gasteiger partial charge in [0.05, 0.1) is 12.6 Å². The summed E-state index contributed by atoms with van der Waals surface area (Å²) in [6, 6.07) is 2.06. The predicted octanol–water partition coefficient (Wildman–Crippen LogP) is 0.690. The molecule has 3 rings (SSSR count). The van der Waals surface area contributed by atoms with Crippen molar-refractivity contribution in [1.29, 1.82) is 0 Å². The molecule has 106 valence electrons. The summed E-state index contributed by atoms with van der Waals surface area (Å²) >= 11 is 0. The highest BCUT2D eigenvalue weighted by Crippen LogP contribution is 2.13. The van der Waals surface area contributed by atoms with Crippen molar-refractivity contribution in [2.75, 3.05) is 30.9 Å². The van der Waals surface area contributed by atoms with Crippen LogP contribution in [0.3, 0.4) is 0 Å². The van der Waals surface area contributed by atoms with Crippen LogP contribution < -0.4 is 10.6 Å². The third-order valence-electron chi connectivity index (χ3n) is 3.05. The van der Waals surface area contributed by atoms with E-state index in [1.807, 2.05) is 6.07 Å². The third kappa shape index (κ3) is 2.85. The zero-order chi connectivity index (χ0) is 13.8. The van der Waals surface area contributed by atoms with E-state index in [4.69, 9.17) is 4.74 Å². The molecule has 2 aromatic rings. The fourth-order valence-corrected chi connectivity index (χ4v) is 2.07. The fourth-order valence-electron chi connectivity index (χ4n) is 2.07. The maximum Gasteiger partial charge on any atom is 0.257 e. The van der Waals surface area contributed by atoms with Gasteiger partial charge in [0.15, 0.2) is 0 Å². The summed E-state index contributed by atoms with van der Waals surface area (Å²) < 4.78 is 7.05. The molecule has 0 aliphatic carbocycles. The Kier molecular flexibility index (Phi) is 3.73. The first-order chi connectivity index (χ1) is 9.85. The van der Waals surface area contributed by atoms with E-state index in [0.29, 0.717) is 24.5 Å². The van der Waals surface area contributed by atoms with Crippen molar-refractivity contribution in [3.8, 4) is 5.95 Å². The minimum Gasteiger partial charge on any atom is -0.379 e. The van der Waals surface area contributed by atoms with Crippen LogP contribution in [0.4, 0.5) is 11.9 Å². The molecule has 1 unspecified atom stereocenters. The van der Waals surface area contributed by atoms with E-state index in [0.717, 1.165) is 19.4 Å².